The average molecular weight is 419 g/mol. The fourth-order valence-electron chi connectivity index (χ4n) is 1.68. The minimum Gasteiger partial charge on any atom is -0.477 e. The molecule has 0 atom stereocenters. The van der Waals surface area contributed by atoms with Crippen molar-refractivity contribution >= 4 is 52.5 Å². The molecule has 128 valence electrons. The summed E-state index contributed by atoms with van der Waals surface area (Å²) in [7, 11) is 0. The van der Waals surface area contributed by atoms with Crippen LogP contribution in [0.2, 0.25) is 10.0 Å². The summed E-state index contributed by atoms with van der Waals surface area (Å²) in [6.45, 7) is 0. The highest BCUT2D eigenvalue weighted by atomic mass is 35.5. The van der Waals surface area contributed by atoms with Crippen molar-refractivity contribution in [2.24, 2.45) is 0 Å². The van der Waals surface area contributed by atoms with Gasteiger partial charge in [0.05, 0.1) is 14.9 Å². The minimum atomic E-state index is -3.94. The predicted octanol–water partition coefficient (Wildman–Crippen LogP) is 4.96. The highest BCUT2D eigenvalue weighted by Gasteiger charge is 2.32. The standard InChI is InChI=1S/C13H5Cl3F3NO3S/c14-4-1-2-5(17)9(15)10(4)24-6-3-7(13(16,18)19)20-11(21)8(6)12(22)23/h1-3H,(H,20,21)(H,22,23). The molecule has 2 rings (SSSR count). The van der Waals surface area contributed by atoms with Gasteiger partial charge in [-0.1, -0.05) is 35.0 Å². The molecule has 0 radical (unpaired) electrons. The molecular weight excluding hydrogens is 414 g/mol. The van der Waals surface area contributed by atoms with Crippen LogP contribution in [-0.2, 0) is 5.38 Å². The van der Waals surface area contributed by atoms with Gasteiger partial charge in [-0.3, -0.25) is 4.79 Å². The van der Waals surface area contributed by atoms with E-state index in [2.05, 4.69) is 0 Å². The van der Waals surface area contributed by atoms with Gasteiger partial charge in [-0.25, -0.2) is 9.18 Å². The van der Waals surface area contributed by atoms with Gasteiger partial charge < -0.3 is 10.1 Å². The van der Waals surface area contributed by atoms with Gasteiger partial charge in [-0.05, 0) is 29.8 Å². The second-order valence-electron chi connectivity index (χ2n) is 4.33. The van der Waals surface area contributed by atoms with E-state index in [1.807, 2.05) is 0 Å². The minimum absolute atomic E-state index is 0.0535. The topological polar surface area (TPSA) is 70.2 Å². The number of rotatable bonds is 4. The van der Waals surface area contributed by atoms with Crippen LogP contribution in [0.4, 0.5) is 13.2 Å². The third kappa shape index (κ3) is 3.83. The molecule has 0 aliphatic heterocycles. The van der Waals surface area contributed by atoms with Gasteiger partial charge in [0.1, 0.15) is 17.1 Å². The molecule has 1 aromatic heterocycles. The number of aromatic amines is 1. The predicted molar refractivity (Wildman–Crippen MR) is 84.3 cm³/mol. The number of carboxylic acids is 1. The zero-order chi connectivity index (χ0) is 18.2. The van der Waals surface area contributed by atoms with E-state index in [4.69, 9.17) is 39.9 Å². The van der Waals surface area contributed by atoms with E-state index in [9.17, 15) is 22.8 Å². The van der Waals surface area contributed by atoms with Crippen LogP contribution in [0.15, 0.2) is 32.8 Å². The van der Waals surface area contributed by atoms with E-state index in [0.29, 0.717) is 17.8 Å². The van der Waals surface area contributed by atoms with Crippen LogP contribution in [0.25, 0.3) is 0 Å². The lowest BCUT2D eigenvalue weighted by molar-refractivity contribution is 0.0686. The Morgan fingerprint density at radius 2 is 1.92 bits per heavy atom. The summed E-state index contributed by atoms with van der Waals surface area (Å²) < 4.78 is 40.0. The number of nitrogens with one attached hydrogen (secondary N) is 1. The average Bonchev–Trinajstić information content (AvgIpc) is 2.45. The first-order chi connectivity index (χ1) is 11.0. The Bertz CT molecular complexity index is 883. The van der Waals surface area contributed by atoms with Gasteiger partial charge in [0.2, 0.25) is 0 Å². The molecule has 0 aliphatic rings. The van der Waals surface area contributed by atoms with E-state index in [-0.39, 0.29) is 9.92 Å². The lowest BCUT2D eigenvalue weighted by atomic mass is 10.2. The number of carbonyl (C=O) groups is 1. The zero-order valence-corrected chi connectivity index (χ0v) is 14.3. The largest absolute Gasteiger partial charge is 0.477 e. The van der Waals surface area contributed by atoms with E-state index in [1.54, 1.807) is 4.98 Å². The summed E-state index contributed by atoms with van der Waals surface area (Å²) >= 11 is 16.9. The molecule has 0 saturated carbocycles. The molecule has 24 heavy (non-hydrogen) atoms. The highest BCUT2D eigenvalue weighted by molar-refractivity contribution is 7.99. The zero-order valence-electron chi connectivity index (χ0n) is 11.2. The fraction of sp³-hybridized carbons (Fsp3) is 0.0769. The first kappa shape index (κ1) is 19.0. The molecule has 11 heteroatoms. The van der Waals surface area contributed by atoms with Gasteiger partial charge in [-0.15, -0.1) is 0 Å². The van der Waals surface area contributed by atoms with Crippen LogP contribution in [-0.4, -0.2) is 16.1 Å². The van der Waals surface area contributed by atoms with Crippen molar-refractivity contribution in [2.75, 3.05) is 0 Å². The van der Waals surface area contributed by atoms with Gasteiger partial charge in [0, 0.05) is 4.90 Å². The second kappa shape index (κ2) is 6.87. The van der Waals surface area contributed by atoms with Crippen LogP contribution in [0.3, 0.4) is 0 Å². The quantitative estimate of drug-likeness (QED) is 0.544. The lowest BCUT2D eigenvalue weighted by Gasteiger charge is -2.13. The van der Waals surface area contributed by atoms with Gasteiger partial charge in [0.25, 0.3) is 5.56 Å². The van der Waals surface area contributed by atoms with Gasteiger partial charge in [0.15, 0.2) is 0 Å². The van der Waals surface area contributed by atoms with Crippen molar-refractivity contribution in [2.45, 2.75) is 15.2 Å². The van der Waals surface area contributed by atoms with E-state index >= 15 is 0 Å². The first-order valence-electron chi connectivity index (χ1n) is 5.91. The Hall–Kier alpha value is -1.35. The summed E-state index contributed by atoms with van der Waals surface area (Å²) in [5.74, 6) is -2.53. The summed E-state index contributed by atoms with van der Waals surface area (Å²) in [5.41, 5.74) is -3.15. The van der Waals surface area contributed by atoms with Crippen molar-refractivity contribution in [1.29, 1.82) is 0 Å². The Morgan fingerprint density at radius 3 is 2.46 bits per heavy atom. The maximum Gasteiger partial charge on any atom is 0.362 e. The molecule has 4 nitrogen and oxygen atoms in total. The monoisotopic (exact) mass is 417 g/mol. The van der Waals surface area contributed by atoms with Crippen LogP contribution < -0.4 is 5.56 Å². The molecule has 1 aromatic carbocycles. The molecule has 0 fully saturated rings. The van der Waals surface area contributed by atoms with Crippen molar-refractivity contribution < 1.29 is 23.1 Å². The summed E-state index contributed by atoms with van der Waals surface area (Å²) in [6.07, 6.45) is 0. The normalized spacial score (nSPS) is 11.6. The lowest BCUT2D eigenvalue weighted by Crippen LogP contribution is -2.23. The highest BCUT2D eigenvalue weighted by Crippen LogP contribution is 2.42. The Labute approximate surface area is 151 Å². The second-order valence-corrected chi connectivity index (χ2v) is 6.64. The summed E-state index contributed by atoms with van der Waals surface area (Å²) in [6, 6.07) is 2.79. The molecular formula is C13H5Cl3F3NO3S. The van der Waals surface area contributed by atoms with Crippen molar-refractivity contribution in [3.8, 4) is 0 Å². The van der Waals surface area contributed by atoms with E-state index in [0.717, 1.165) is 12.1 Å². The van der Waals surface area contributed by atoms with Gasteiger partial charge >= 0.3 is 11.4 Å². The number of halogens is 6. The molecule has 0 unspecified atom stereocenters. The number of pyridine rings is 1. The molecule has 2 aromatic rings. The number of aromatic nitrogens is 1. The van der Waals surface area contributed by atoms with Crippen LogP contribution in [0.1, 0.15) is 16.1 Å². The number of alkyl halides is 3. The molecule has 1 heterocycles. The Balaban J connectivity index is 2.70. The molecule has 0 spiro atoms. The first-order valence-corrected chi connectivity index (χ1v) is 7.86. The van der Waals surface area contributed by atoms with Crippen LogP contribution in [0.5, 0.6) is 0 Å². The molecule has 0 amide bonds. The third-order valence-electron chi connectivity index (χ3n) is 2.73. The number of hydrogen-bond acceptors (Lipinski definition) is 3. The molecule has 0 bridgehead atoms. The number of hydrogen-bond donors (Lipinski definition) is 2. The van der Waals surface area contributed by atoms with E-state index < -0.39 is 43.9 Å². The third-order valence-corrected chi connectivity index (χ3v) is 5.01. The maximum atomic E-state index is 13.5. The van der Waals surface area contributed by atoms with Crippen molar-refractivity contribution in [3.63, 3.8) is 0 Å². The number of benzene rings is 1. The smallest absolute Gasteiger partial charge is 0.362 e. The fourth-order valence-corrected chi connectivity index (χ4v) is 3.42. The summed E-state index contributed by atoms with van der Waals surface area (Å²) in [5, 5.41) is 4.68. The summed E-state index contributed by atoms with van der Waals surface area (Å²) in [4.78, 5) is 24.2. The van der Waals surface area contributed by atoms with Crippen LogP contribution in [0, 0.1) is 5.82 Å². The van der Waals surface area contributed by atoms with E-state index in [1.165, 1.54) is 0 Å². The van der Waals surface area contributed by atoms with Crippen molar-refractivity contribution in [3.05, 3.63) is 55.7 Å². The van der Waals surface area contributed by atoms with Crippen molar-refractivity contribution in [1.82, 2.24) is 4.98 Å². The molecule has 0 saturated heterocycles. The molecule has 0 aliphatic carbocycles. The number of carboxylic acid groups (broad SMARTS) is 1. The Morgan fingerprint density at radius 1 is 1.29 bits per heavy atom. The van der Waals surface area contributed by atoms with Crippen LogP contribution >= 0.6 is 46.6 Å². The SMILES string of the molecule is O=C(O)c1c(Sc2c(Cl)ccc(F)c2Cl)cc(C(F)(F)Cl)[nH]c1=O. The Kier molecular flexibility index (Phi) is 5.44. The maximum absolute atomic E-state index is 13.5. The number of aromatic carboxylic acids is 1. The van der Waals surface area contributed by atoms with Gasteiger partial charge in [-0.2, -0.15) is 8.78 Å². The number of H-pyrrole nitrogens is 1. The molecule has 2 N–H and O–H groups in total.